The number of aromatic nitrogens is 1. The maximum atomic E-state index is 6.01. The molecule has 0 bridgehead atoms. The van der Waals surface area contributed by atoms with Gasteiger partial charge in [0.25, 0.3) is 0 Å². The van der Waals surface area contributed by atoms with Crippen LogP contribution >= 0.6 is 11.3 Å². The van der Waals surface area contributed by atoms with E-state index in [0.717, 1.165) is 30.0 Å². The second-order valence-electron chi connectivity index (χ2n) is 4.94. The maximum absolute atomic E-state index is 6.01. The molecule has 2 N–H and O–H groups in total. The molecule has 102 valence electrons. The summed E-state index contributed by atoms with van der Waals surface area (Å²) >= 11 is 1.77. The van der Waals surface area contributed by atoms with Gasteiger partial charge in [0.1, 0.15) is 0 Å². The average molecular weight is 274 g/mol. The summed E-state index contributed by atoms with van der Waals surface area (Å²) in [6.45, 7) is 6.44. The number of nitrogens with two attached hydrogens (primary N) is 1. The fourth-order valence-corrected chi connectivity index (χ4v) is 3.12. The molecule has 2 aromatic rings. The standard InChI is InChI=1S/C16H22N2S/c1-4-12-6-8-13(9-7-12)16-11(3)19-15(18-16)10-14(17)5-2/h6-9,14H,4-5,10,17H2,1-3H3. The summed E-state index contributed by atoms with van der Waals surface area (Å²) in [5.41, 5.74) is 9.70. The third kappa shape index (κ3) is 3.43. The van der Waals surface area contributed by atoms with Gasteiger partial charge in [0.05, 0.1) is 10.7 Å². The van der Waals surface area contributed by atoms with Crippen LogP contribution in [-0.2, 0) is 12.8 Å². The fourth-order valence-electron chi connectivity index (χ4n) is 2.07. The van der Waals surface area contributed by atoms with E-state index in [2.05, 4.69) is 45.0 Å². The zero-order valence-electron chi connectivity index (χ0n) is 11.9. The van der Waals surface area contributed by atoms with Gasteiger partial charge in [-0.1, -0.05) is 38.1 Å². The van der Waals surface area contributed by atoms with Crippen LogP contribution in [0.5, 0.6) is 0 Å². The molecular weight excluding hydrogens is 252 g/mol. The SMILES string of the molecule is CCc1ccc(-c2nc(CC(N)CC)sc2C)cc1. The molecule has 3 heteroatoms. The molecule has 1 unspecified atom stereocenters. The molecule has 0 saturated carbocycles. The second kappa shape index (κ2) is 6.31. The summed E-state index contributed by atoms with van der Waals surface area (Å²) < 4.78 is 0. The van der Waals surface area contributed by atoms with Gasteiger partial charge in [0, 0.05) is 22.9 Å². The summed E-state index contributed by atoms with van der Waals surface area (Å²) in [5, 5.41) is 1.15. The Bertz CT molecular complexity index is 528. The number of aryl methyl sites for hydroxylation is 2. The topological polar surface area (TPSA) is 38.9 Å². The minimum Gasteiger partial charge on any atom is -0.327 e. The predicted octanol–water partition coefficient (Wildman–Crippen LogP) is 3.96. The molecule has 19 heavy (non-hydrogen) atoms. The first-order valence-electron chi connectivity index (χ1n) is 6.95. The third-order valence-corrected chi connectivity index (χ3v) is 4.43. The Hall–Kier alpha value is -1.19. The van der Waals surface area contributed by atoms with Gasteiger partial charge in [-0.2, -0.15) is 0 Å². The van der Waals surface area contributed by atoms with Crippen molar-refractivity contribution in [1.82, 2.24) is 4.98 Å². The van der Waals surface area contributed by atoms with Gasteiger partial charge in [-0.25, -0.2) is 4.98 Å². The largest absolute Gasteiger partial charge is 0.327 e. The highest BCUT2D eigenvalue weighted by molar-refractivity contribution is 7.12. The Balaban J connectivity index is 2.24. The van der Waals surface area contributed by atoms with Crippen molar-refractivity contribution < 1.29 is 0 Å². The van der Waals surface area contributed by atoms with E-state index < -0.39 is 0 Å². The first-order chi connectivity index (χ1) is 9.13. The fraction of sp³-hybridized carbons (Fsp3) is 0.438. The van der Waals surface area contributed by atoms with Crippen molar-refractivity contribution in [1.29, 1.82) is 0 Å². The lowest BCUT2D eigenvalue weighted by Gasteiger charge is -2.04. The van der Waals surface area contributed by atoms with Crippen LogP contribution in [0.15, 0.2) is 24.3 Å². The van der Waals surface area contributed by atoms with Crippen molar-refractivity contribution in [2.45, 2.75) is 46.1 Å². The summed E-state index contributed by atoms with van der Waals surface area (Å²) in [7, 11) is 0. The molecule has 0 aliphatic carbocycles. The van der Waals surface area contributed by atoms with E-state index in [4.69, 9.17) is 10.7 Å². The third-order valence-electron chi connectivity index (χ3n) is 3.44. The Morgan fingerprint density at radius 3 is 2.47 bits per heavy atom. The molecule has 0 aliphatic heterocycles. The highest BCUT2D eigenvalue weighted by atomic mass is 32.1. The van der Waals surface area contributed by atoms with Gasteiger partial charge in [-0.15, -0.1) is 11.3 Å². The van der Waals surface area contributed by atoms with Crippen LogP contribution in [0.3, 0.4) is 0 Å². The van der Waals surface area contributed by atoms with Crippen molar-refractivity contribution in [3.8, 4) is 11.3 Å². The van der Waals surface area contributed by atoms with E-state index in [-0.39, 0.29) is 6.04 Å². The quantitative estimate of drug-likeness (QED) is 0.896. The molecule has 0 spiro atoms. The number of rotatable bonds is 5. The number of nitrogens with zero attached hydrogens (tertiary/aromatic N) is 1. The lowest BCUT2D eigenvalue weighted by atomic mass is 10.1. The molecule has 1 aromatic carbocycles. The van der Waals surface area contributed by atoms with Crippen LogP contribution in [0.4, 0.5) is 0 Å². The summed E-state index contributed by atoms with van der Waals surface area (Å²) in [6, 6.07) is 8.94. The van der Waals surface area contributed by atoms with Crippen LogP contribution < -0.4 is 5.73 Å². The smallest absolute Gasteiger partial charge is 0.0950 e. The Morgan fingerprint density at radius 2 is 1.89 bits per heavy atom. The Labute approximate surface area is 119 Å². The monoisotopic (exact) mass is 274 g/mol. The van der Waals surface area contributed by atoms with Gasteiger partial charge in [0.2, 0.25) is 0 Å². The average Bonchev–Trinajstić information content (AvgIpc) is 2.79. The lowest BCUT2D eigenvalue weighted by Crippen LogP contribution is -2.21. The molecule has 1 heterocycles. The normalized spacial score (nSPS) is 12.6. The second-order valence-corrected chi connectivity index (χ2v) is 6.22. The first kappa shape index (κ1) is 14.2. The lowest BCUT2D eigenvalue weighted by molar-refractivity contribution is 0.644. The zero-order chi connectivity index (χ0) is 13.8. The van der Waals surface area contributed by atoms with Crippen LogP contribution in [0.25, 0.3) is 11.3 Å². The van der Waals surface area contributed by atoms with E-state index in [1.807, 2.05) is 0 Å². The van der Waals surface area contributed by atoms with Crippen molar-refractivity contribution in [3.63, 3.8) is 0 Å². The van der Waals surface area contributed by atoms with E-state index >= 15 is 0 Å². The first-order valence-corrected chi connectivity index (χ1v) is 7.76. The Kier molecular flexibility index (Phi) is 4.72. The molecule has 0 fully saturated rings. The van der Waals surface area contributed by atoms with Crippen LogP contribution in [0.2, 0.25) is 0 Å². The van der Waals surface area contributed by atoms with Gasteiger partial charge < -0.3 is 5.73 Å². The molecule has 0 radical (unpaired) electrons. The molecule has 1 atom stereocenters. The molecule has 0 saturated heterocycles. The van der Waals surface area contributed by atoms with Crippen molar-refractivity contribution >= 4 is 11.3 Å². The van der Waals surface area contributed by atoms with Gasteiger partial charge >= 0.3 is 0 Å². The Morgan fingerprint density at radius 1 is 1.21 bits per heavy atom. The molecular formula is C16H22N2S. The number of hydrogen-bond acceptors (Lipinski definition) is 3. The van der Waals surface area contributed by atoms with Crippen molar-refractivity contribution in [2.75, 3.05) is 0 Å². The van der Waals surface area contributed by atoms with Crippen LogP contribution in [0, 0.1) is 6.92 Å². The molecule has 1 aromatic heterocycles. The minimum absolute atomic E-state index is 0.223. The van der Waals surface area contributed by atoms with Gasteiger partial charge in [0.15, 0.2) is 0 Å². The number of thiazole rings is 1. The summed E-state index contributed by atoms with van der Waals surface area (Å²) in [6.07, 6.45) is 2.96. The minimum atomic E-state index is 0.223. The number of benzene rings is 1. The highest BCUT2D eigenvalue weighted by Crippen LogP contribution is 2.28. The van der Waals surface area contributed by atoms with Crippen molar-refractivity contribution in [2.24, 2.45) is 5.73 Å². The summed E-state index contributed by atoms with van der Waals surface area (Å²) in [5.74, 6) is 0. The summed E-state index contributed by atoms with van der Waals surface area (Å²) in [4.78, 5) is 6.04. The number of hydrogen-bond donors (Lipinski definition) is 1. The van der Waals surface area contributed by atoms with Crippen molar-refractivity contribution in [3.05, 3.63) is 39.7 Å². The van der Waals surface area contributed by atoms with E-state index in [0.29, 0.717) is 0 Å². The van der Waals surface area contributed by atoms with Gasteiger partial charge in [-0.3, -0.25) is 0 Å². The van der Waals surface area contributed by atoms with E-state index in [1.54, 1.807) is 11.3 Å². The highest BCUT2D eigenvalue weighted by Gasteiger charge is 2.11. The van der Waals surface area contributed by atoms with Crippen LogP contribution in [0.1, 0.15) is 35.7 Å². The van der Waals surface area contributed by atoms with Crippen LogP contribution in [-0.4, -0.2) is 11.0 Å². The van der Waals surface area contributed by atoms with E-state index in [9.17, 15) is 0 Å². The molecule has 2 rings (SSSR count). The van der Waals surface area contributed by atoms with Gasteiger partial charge in [-0.05, 0) is 25.3 Å². The molecule has 0 aliphatic rings. The van der Waals surface area contributed by atoms with E-state index in [1.165, 1.54) is 16.0 Å². The predicted molar refractivity (Wildman–Crippen MR) is 83.6 cm³/mol. The molecule has 0 amide bonds. The molecule has 2 nitrogen and oxygen atoms in total. The zero-order valence-corrected chi connectivity index (χ0v) is 12.8. The maximum Gasteiger partial charge on any atom is 0.0950 e.